The molecule has 0 radical (unpaired) electrons. The molecule has 0 aliphatic carbocycles. The van der Waals surface area contributed by atoms with Crippen LogP contribution in [-0.2, 0) is 0 Å². The van der Waals surface area contributed by atoms with Crippen molar-refractivity contribution in [3.8, 4) is 5.75 Å². The average molecular weight is 385 g/mol. The van der Waals surface area contributed by atoms with Crippen LogP contribution in [0.2, 0.25) is 0 Å². The van der Waals surface area contributed by atoms with E-state index in [1.165, 1.54) is 0 Å². The molecule has 0 spiro atoms. The van der Waals surface area contributed by atoms with Crippen LogP contribution in [0.1, 0.15) is 41.0 Å². The number of nitrogens with one attached hydrogen (secondary N) is 3. The van der Waals surface area contributed by atoms with Crippen molar-refractivity contribution >= 4 is 34.8 Å². The van der Waals surface area contributed by atoms with Gasteiger partial charge in [0.2, 0.25) is 0 Å². The smallest absolute Gasteiger partial charge is 0.261 e. The number of benzene rings is 2. The van der Waals surface area contributed by atoms with Gasteiger partial charge in [0.15, 0.2) is 5.11 Å². The number of ether oxygens (including phenoxy) is 1. The Bertz CT molecular complexity index is 824. The normalized spacial score (nSPS) is 10.0. The molecule has 7 heteroatoms. The number of hydrogen-bond donors (Lipinski definition) is 3. The lowest BCUT2D eigenvalue weighted by atomic mass is 10.1. The lowest BCUT2D eigenvalue weighted by Gasteiger charge is -2.14. The number of amides is 2. The molecule has 27 heavy (non-hydrogen) atoms. The van der Waals surface area contributed by atoms with Gasteiger partial charge in [-0.1, -0.05) is 31.2 Å². The van der Waals surface area contributed by atoms with Gasteiger partial charge in [-0.05, 0) is 49.8 Å². The van der Waals surface area contributed by atoms with E-state index in [2.05, 4.69) is 16.0 Å². The Morgan fingerprint density at radius 1 is 0.963 bits per heavy atom. The second kappa shape index (κ2) is 10.3. The van der Waals surface area contributed by atoms with Crippen LogP contribution in [-0.4, -0.2) is 30.1 Å². The van der Waals surface area contributed by atoms with Crippen LogP contribution in [0.4, 0.5) is 5.69 Å². The minimum absolute atomic E-state index is 0.0991. The first kappa shape index (κ1) is 20.4. The summed E-state index contributed by atoms with van der Waals surface area (Å²) in [7, 11) is 0. The van der Waals surface area contributed by atoms with E-state index in [1.54, 1.807) is 48.5 Å². The molecule has 2 rings (SSSR count). The number of carbonyl (C=O) groups excluding carboxylic acids is 2. The van der Waals surface area contributed by atoms with E-state index in [9.17, 15) is 9.59 Å². The lowest BCUT2D eigenvalue weighted by Crippen LogP contribution is -2.35. The predicted octanol–water partition coefficient (Wildman–Crippen LogP) is 3.35. The minimum atomic E-state index is -0.380. The third kappa shape index (κ3) is 5.79. The van der Waals surface area contributed by atoms with Crippen LogP contribution < -0.4 is 20.7 Å². The first-order valence-corrected chi connectivity index (χ1v) is 9.19. The van der Waals surface area contributed by atoms with Gasteiger partial charge in [0, 0.05) is 6.54 Å². The lowest BCUT2D eigenvalue weighted by molar-refractivity contribution is 0.0954. The maximum atomic E-state index is 12.6. The van der Waals surface area contributed by atoms with Gasteiger partial charge in [-0.15, -0.1) is 0 Å². The van der Waals surface area contributed by atoms with Gasteiger partial charge in [0.25, 0.3) is 11.8 Å². The third-order valence-corrected chi connectivity index (χ3v) is 3.78. The highest BCUT2D eigenvalue weighted by atomic mass is 32.1. The van der Waals surface area contributed by atoms with Crippen molar-refractivity contribution in [2.45, 2.75) is 20.3 Å². The predicted molar refractivity (Wildman–Crippen MR) is 110 cm³/mol. The fraction of sp³-hybridized carbons (Fsp3) is 0.250. The number of rotatable bonds is 7. The largest absolute Gasteiger partial charge is 0.493 e. The summed E-state index contributed by atoms with van der Waals surface area (Å²) in [6.07, 6.45) is 0.840. The molecular formula is C20H23N3O3S. The van der Waals surface area contributed by atoms with Crippen molar-refractivity contribution in [3.05, 3.63) is 59.7 Å². The van der Waals surface area contributed by atoms with Gasteiger partial charge in [0.05, 0.1) is 23.4 Å². The summed E-state index contributed by atoms with van der Waals surface area (Å²) in [5, 5.41) is 8.38. The Labute approximate surface area is 164 Å². The second-order valence-corrected chi connectivity index (χ2v) is 6.07. The van der Waals surface area contributed by atoms with Crippen LogP contribution in [0.25, 0.3) is 0 Å². The van der Waals surface area contributed by atoms with E-state index < -0.39 is 0 Å². The summed E-state index contributed by atoms with van der Waals surface area (Å²) >= 11 is 5.24. The Morgan fingerprint density at radius 2 is 1.63 bits per heavy atom. The fourth-order valence-electron chi connectivity index (χ4n) is 2.36. The van der Waals surface area contributed by atoms with Gasteiger partial charge in [0.1, 0.15) is 5.75 Å². The Morgan fingerprint density at radius 3 is 2.33 bits per heavy atom. The van der Waals surface area contributed by atoms with Crippen molar-refractivity contribution in [1.82, 2.24) is 10.6 Å². The Hall–Kier alpha value is -2.93. The number of hydrogen-bond acceptors (Lipinski definition) is 4. The summed E-state index contributed by atoms with van der Waals surface area (Å²) < 4.78 is 5.61. The maximum absolute atomic E-state index is 12.6. The van der Waals surface area contributed by atoms with E-state index >= 15 is 0 Å². The van der Waals surface area contributed by atoms with E-state index in [-0.39, 0.29) is 16.9 Å². The molecule has 0 aliphatic rings. The second-order valence-electron chi connectivity index (χ2n) is 5.66. The molecule has 0 saturated carbocycles. The quantitative estimate of drug-likeness (QED) is 0.637. The fourth-order valence-corrected chi connectivity index (χ4v) is 2.56. The number of carbonyl (C=O) groups is 2. The highest BCUT2D eigenvalue weighted by molar-refractivity contribution is 7.80. The molecule has 142 valence electrons. The number of para-hydroxylation sites is 2. The van der Waals surface area contributed by atoms with Crippen molar-refractivity contribution in [1.29, 1.82) is 0 Å². The molecule has 2 amide bonds. The van der Waals surface area contributed by atoms with Crippen LogP contribution in [0.5, 0.6) is 5.75 Å². The summed E-state index contributed by atoms with van der Waals surface area (Å²) in [5.74, 6) is -0.0925. The molecule has 2 aromatic carbocycles. The molecule has 0 fully saturated rings. The molecule has 0 atom stereocenters. The molecule has 0 heterocycles. The highest BCUT2D eigenvalue weighted by Crippen LogP contribution is 2.19. The maximum Gasteiger partial charge on any atom is 0.261 e. The zero-order valence-electron chi connectivity index (χ0n) is 15.4. The van der Waals surface area contributed by atoms with Gasteiger partial charge in [-0.2, -0.15) is 0 Å². The van der Waals surface area contributed by atoms with Crippen LogP contribution in [0.15, 0.2) is 48.5 Å². The first-order chi connectivity index (χ1) is 13.1. The summed E-state index contributed by atoms with van der Waals surface area (Å²) in [4.78, 5) is 24.7. The Balaban J connectivity index is 2.09. The first-order valence-electron chi connectivity index (χ1n) is 8.78. The van der Waals surface area contributed by atoms with E-state index in [1.807, 2.05) is 13.8 Å². The zero-order valence-corrected chi connectivity index (χ0v) is 16.2. The molecule has 6 nitrogen and oxygen atoms in total. The molecule has 2 aromatic rings. The molecule has 0 aliphatic heterocycles. The monoisotopic (exact) mass is 385 g/mol. The SMILES string of the molecule is CCCOc1ccccc1C(=O)NC(=S)Nc1ccccc1C(=O)NCC. The molecule has 0 aromatic heterocycles. The van der Waals surface area contributed by atoms with Crippen LogP contribution in [0.3, 0.4) is 0 Å². The van der Waals surface area contributed by atoms with E-state index in [0.717, 1.165) is 6.42 Å². The van der Waals surface area contributed by atoms with Gasteiger partial charge >= 0.3 is 0 Å². The highest BCUT2D eigenvalue weighted by Gasteiger charge is 2.15. The van der Waals surface area contributed by atoms with Gasteiger partial charge in [-0.25, -0.2) is 0 Å². The summed E-state index contributed by atoms with van der Waals surface area (Å²) in [5.41, 5.74) is 1.36. The molecule has 0 saturated heterocycles. The van der Waals surface area contributed by atoms with Gasteiger partial charge in [-0.3, -0.25) is 14.9 Å². The van der Waals surface area contributed by atoms with Crippen molar-refractivity contribution < 1.29 is 14.3 Å². The molecule has 0 bridgehead atoms. The third-order valence-electron chi connectivity index (χ3n) is 3.58. The van der Waals surface area contributed by atoms with Crippen molar-refractivity contribution in [3.63, 3.8) is 0 Å². The summed E-state index contributed by atoms with van der Waals surface area (Å²) in [6.45, 7) is 4.88. The van der Waals surface area contributed by atoms with Crippen LogP contribution in [0, 0.1) is 0 Å². The average Bonchev–Trinajstić information content (AvgIpc) is 2.67. The summed E-state index contributed by atoms with van der Waals surface area (Å²) in [6, 6.07) is 13.9. The number of thiocarbonyl (C=S) groups is 1. The van der Waals surface area contributed by atoms with Crippen molar-refractivity contribution in [2.24, 2.45) is 0 Å². The van der Waals surface area contributed by atoms with Gasteiger partial charge < -0.3 is 15.4 Å². The van der Waals surface area contributed by atoms with E-state index in [4.69, 9.17) is 17.0 Å². The van der Waals surface area contributed by atoms with Crippen molar-refractivity contribution in [2.75, 3.05) is 18.5 Å². The van der Waals surface area contributed by atoms with E-state index in [0.29, 0.717) is 35.7 Å². The molecule has 0 unspecified atom stereocenters. The zero-order chi connectivity index (χ0) is 19.6. The molecular weight excluding hydrogens is 362 g/mol. The minimum Gasteiger partial charge on any atom is -0.493 e. The molecule has 3 N–H and O–H groups in total. The standard InChI is InChI=1S/C20H23N3O3S/c1-3-13-26-17-12-8-6-10-15(17)19(25)23-20(27)22-16-11-7-5-9-14(16)18(24)21-4-2/h5-12H,3-4,13H2,1-2H3,(H,21,24)(H2,22,23,25,27). The number of anilines is 1. The topological polar surface area (TPSA) is 79.5 Å². The van der Waals surface area contributed by atoms with Crippen LogP contribution >= 0.6 is 12.2 Å². The Kier molecular flexibility index (Phi) is 7.76.